The van der Waals surface area contributed by atoms with Gasteiger partial charge in [-0.05, 0) is 69.2 Å². The third kappa shape index (κ3) is 4.08. The first-order valence-electron chi connectivity index (χ1n) is 8.75. The lowest BCUT2D eigenvalue weighted by atomic mass is 10.1. The fourth-order valence-electron chi connectivity index (χ4n) is 2.98. The topological polar surface area (TPSA) is 42.2 Å². The molecule has 1 N–H and O–H groups in total. The first kappa shape index (κ1) is 19.7. The predicted octanol–water partition coefficient (Wildman–Crippen LogP) is 5.57. The Morgan fingerprint density at radius 1 is 1.00 bits per heavy atom. The molecule has 0 fully saturated rings. The molecule has 4 nitrogen and oxygen atoms in total. The molecule has 0 aliphatic carbocycles. The van der Waals surface area contributed by atoms with Crippen molar-refractivity contribution >= 4 is 12.0 Å². The summed E-state index contributed by atoms with van der Waals surface area (Å²) in [6.45, 7) is 8.17. The molecule has 3 aromatic rings. The van der Waals surface area contributed by atoms with Crippen LogP contribution >= 0.6 is 0 Å². The number of halogens is 3. The zero-order valence-electron chi connectivity index (χ0n) is 16.1. The molecule has 28 heavy (non-hydrogen) atoms. The Kier molecular flexibility index (Phi) is 5.27. The van der Waals surface area contributed by atoms with Gasteiger partial charge in [0.05, 0.1) is 11.8 Å². The number of hydrogen-bond acceptors (Lipinski definition) is 3. The summed E-state index contributed by atoms with van der Waals surface area (Å²) in [6, 6.07) is 10.5. The van der Waals surface area contributed by atoms with Crippen molar-refractivity contribution in [3.63, 3.8) is 0 Å². The summed E-state index contributed by atoms with van der Waals surface area (Å²) in [5.41, 5.74) is 8.40. The molecule has 0 atom stereocenters. The van der Waals surface area contributed by atoms with E-state index in [9.17, 15) is 13.2 Å². The van der Waals surface area contributed by atoms with Crippen molar-refractivity contribution in [2.45, 2.75) is 33.9 Å². The highest BCUT2D eigenvalue weighted by atomic mass is 19.4. The number of hydrogen-bond donors (Lipinski definition) is 1. The van der Waals surface area contributed by atoms with Gasteiger partial charge >= 0.3 is 6.18 Å². The number of anilines is 1. The zero-order chi connectivity index (χ0) is 20.5. The first-order chi connectivity index (χ1) is 13.2. The molecule has 3 rings (SSSR count). The molecule has 7 heteroatoms. The second kappa shape index (κ2) is 7.50. The van der Waals surface area contributed by atoms with E-state index in [1.165, 1.54) is 17.2 Å². The Labute approximate surface area is 161 Å². The lowest BCUT2D eigenvalue weighted by Gasteiger charge is -2.11. The van der Waals surface area contributed by atoms with E-state index in [4.69, 9.17) is 0 Å². The van der Waals surface area contributed by atoms with Gasteiger partial charge in [-0.1, -0.05) is 6.07 Å². The maximum atomic E-state index is 12.6. The molecular weight excluding hydrogens is 365 g/mol. The van der Waals surface area contributed by atoms with Crippen LogP contribution in [0.3, 0.4) is 0 Å². The summed E-state index contributed by atoms with van der Waals surface area (Å²) in [5, 5.41) is 4.11. The monoisotopic (exact) mass is 386 g/mol. The van der Waals surface area contributed by atoms with Gasteiger partial charge in [-0.2, -0.15) is 18.3 Å². The van der Waals surface area contributed by atoms with Gasteiger partial charge in [-0.15, -0.1) is 0 Å². The Morgan fingerprint density at radius 2 is 1.75 bits per heavy atom. The lowest BCUT2D eigenvalue weighted by Crippen LogP contribution is -2.05. The molecular formula is C21H21F3N4. The minimum Gasteiger partial charge on any atom is -0.318 e. The van der Waals surface area contributed by atoms with Crippen molar-refractivity contribution in [3.8, 4) is 5.69 Å². The number of pyridine rings is 1. The number of rotatable bonds is 4. The van der Waals surface area contributed by atoms with E-state index >= 15 is 0 Å². The summed E-state index contributed by atoms with van der Waals surface area (Å²) >= 11 is 0. The van der Waals surface area contributed by atoms with Crippen LogP contribution in [0, 0.1) is 27.7 Å². The molecule has 2 aromatic heterocycles. The van der Waals surface area contributed by atoms with Crippen LogP contribution in [-0.4, -0.2) is 15.8 Å². The summed E-state index contributed by atoms with van der Waals surface area (Å²) in [4.78, 5) is 3.74. The van der Waals surface area contributed by atoms with Gasteiger partial charge in [-0.3, -0.25) is 5.43 Å². The maximum absolute atomic E-state index is 12.6. The van der Waals surface area contributed by atoms with E-state index in [0.29, 0.717) is 0 Å². The Morgan fingerprint density at radius 3 is 2.36 bits per heavy atom. The number of aromatic nitrogens is 2. The summed E-state index contributed by atoms with van der Waals surface area (Å²) in [5.74, 6) is 0.243. The minimum absolute atomic E-state index is 0.243. The third-order valence-corrected chi connectivity index (χ3v) is 4.69. The molecule has 0 saturated carbocycles. The number of alkyl halides is 3. The molecule has 0 saturated heterocycles. The quantitative estimate of drug-likeness (QED) is 0.470. The molecule has 0 bridgehead atoms. The highest BCUT2D eigenvalue weighted by Gasteiger charge is 2.30. The number of benzene rings is 1. The Balaban J connectivity index is 1.79. The minimum atomic E-state index is -4.40. The molecule has 0 aliphatic heterocycles. The van der Waals surface area contributed by atoms with Crippen molar-refractivity contribution in [1.29, 1.82) is 0 Å². The van der Waals surface area contributed by atoms with Crippen LogP contribution in [-0.2, 0) is 6.18 Å². The van der Waals surface area contributed by atoms with Gasteiger partial charge in [0, 0.05) is 28.8 Å². The average Bonchev–Trinajstić information content (AvgIpc) is 2.91. The molecule has 0 spiro atoms. The second-order valence-corrected chi connectivity index (χ2v) is 6.73. The number of nitrogens with one attached hydrogen (secondary N) is 1. The van der Waals surface area contributed by atoms with Gasteiger partial charge in [0.1, 0.15) is 5.82 Å². The Bertz CT molecular complexity index is 1020. The van der Waals surface area contributed by atoms with E-state index in [1.807, 2.05) is 19.9 Å². The van der Waals surface area contributed by atoms with Crippen LogP contribution < -0.4 is 5.43 Å². The molecule has 0 amide bonds. The lowest BCUT2D eigenvalue weighted by molar-refractivity contribution is -0.137. The van der Waals surface area contributed by atoms with Crippen LogP contribution in [0.4, 0.5) is 19.0 Å². The summed E-state index contributed by atoms with van der Waals surface area (Å²) in [6.07, 6.45) is -1.98. The van der Waals surface area contributed by atoms with Crippen LogP contribution in [0.15, 0.2) is 47.7 Å². The number of aryl methyl sites for hydroxylation is 3. The highest BCUT2D eigenvalue weighted by molar-refractivity contribution is 5.82. The van der Waals surface area contributed by atoms with Crippen molar-refractivity contribution in [2.75, 3.05) is 5.43 Å². The van der Waals surface area contributed by atoms with E-state index in [0.717, 1.165) is 34.9 Å². The Hall–Kier alpha value is -3.09. The maximum Gasteiger partial charge on any atom is 0.417 e. The normalized spacial score (nSPS) is 12.0. The van der Waals surface area contributed by atoms with Gasteiger partial charge in [-0.25, -0.2) is 4.98 Å². The second-order valence-electron chi connectivity index (χ2n) is 6.73. The molecule has 1 aromatic carbocycles. The highest BCUT2D eigenvalue weighted by Crippen LogP contribution is 2.28. The molecule has 2 heterocycles. The molecule has 146 valence electrons. The summed E-state index contributed by atoms with van der Waals surface area (Å²) < 4.78 is 39.9. The van der Waals surface area contributed by atoms with Gasteiger partial charge in [0.25, 0.3) is 0 Å². The first-order valence-corrected chi connectivity index (χ1v) is 8.75. The number of nitrogens with zero attached hydrogens (tertiary/aromatic N) is 3. The van der Waals surface area contributed by atoms with E-state index in [-0.39, 0.29) is 5.82 Å². The van der Waals surface area contributed by atoms with Crippen molar-refractivity contribution in [3.05, 3.63) is 76.2 Å². The smallest absolute Gasteiger partial charge is 0.318 e. The van der Waals surface area contributed by atoms with Gasteiger partial charge in [0.15, 0.2) is 0 Å². The fraction of sp³-hybridized carbons (Fsp3) is 0.238. The fourth-order valence-corrected chi connectivity index (χ4v) is 2.98. The van der Waals surface area contributed by atoms with E-state index in [2.05, 4.69) is 52.1 Å². The zero-order valence-corrected chi connectivity index (χ0v) is 16.1. The van der Waals surface area contributed by atoms with Crippen LogP contribution in [0.5, 0.6) is 0 Å². The van der Waals surface area contributed by atoms with Crippen LogP contribution in [0.2, 0.25) is 0 Å². The van der Waals surface area contributed by atoms with E-state index in [1.54, 1.807) is 6.21 Å². The van der Waals surface area contributed by atoms with Gasteiger partial charge < -0.3 is 4.57 Å². The van der Waals surface area contributed by atoms with Crippen LogP contribution in [0.1, 0.15) is 33.6 Å². The largest absolute Gasteiger partial charge is 0.417 e. The van der Waals surface area contributed by atoms with Crippen molar-refractivity contribution in [1.82, 2.24) is 9.55 Å². The van der Waals surface area contributed by atoms with E-state index < -0.39 is 11.7 Å². The number of hydrazone groups is 1. The SMILES string of the molecule is Cc1ccc(-n2c(C)cc(/C=N\Nc3ccc(C(F)(F)F)cn3)c2C)cc1C. The molecule has 0 aliphatic rings. The summed E-state index contributed by atoms with van der Waals surface area (Å²) in [7, 11) is 0. The van der Waals surface area contributed by atoms with Crippen molar-refractivity contribution < 1.29 is 13.2 Å². The molecule has 0 unspecified atom stereocenters. The predicted molar refractivity (Wildman–Crippen MR) is 105 cm³/mol. The van der Waals surface area contributed by atoms with Crippen molar-refractivity contribution in [2.24, 2.45) is 5.10 Å². The average molecular weight is 386 g/mol. The molecule has 0 radical (unpaired) electrons. The van der Waals surface area contributed by atoms with Crippen LogP contribution in [0.25, 0.3) is 5.69 Å². The standard InChI is InChI=1S/C21H21F3N4/c1-13-5-7-19(9-14(13)2)28-15(3)10-17(16(28)4)11-26-27-20-8-6-18(12-25-20)21(22,23)24/h5-12H,1-4H3,(H,25,27)/b26-11-. The van der Waals surface area contributed by atoms with Gasteiger partial charge in [0.2, 0.25) is 0 Å². The third-order valence-electron chi connectivity index (χ3n) is 4.69.